The van der Waals surface area contributed by atoms with Gasteiger partial charge in [-0.05, 0) is 45.4 Å². The number of nitrogens with one attached hydrogen (secondary N) is 1. The summed E-state index contributed by atoms with van der Waals surface area (Å²) in [5.74, 6) is 1.57. The van der Waals surface area contributed by atoms with E-state index in [4.69, 9.17) is 9.47 Å². The summed E-state index contributed by atoms with van der Waals surface area (Å²) in [6.07, 6.45) is 0. The summed E-state index contributed by atoms with van der Waals surface area (Å²) in [6, 6.07) is 6.17. The minimum absolute atomic E-state index is 0.142. The molecule has 1 aliphatic rings. The van der Waals surface area contributed by atoms with E-state index in [0.717, 1.165) is 31.1 Å². The van der Waals surface area contributed by atoms with Gasteiger partial charge in [-0.1, -0.05) is 6.07 Å². The van der Waals surface area contributed by atoms with Gasteiger partial charge in [0.25, 0.3) is 0 Å². The van der Waals surface area contributed by atoms with Crippen LogP contribution in [0.15, 0.2) is 18.2 Å². The number of nitrogens with zero attached hydrogens (tertiary/aromatic N) is 1. The van der Waals surface area contributed by atoms with Gasteiger partial charge >= 0.3 is 0 Å². The topological polar surface area (TPSA) is 33.7 Å². The van der Waals surface area contributed by atoms with Crippen molar-refractivity contribution in [1.29, 1.82) is 0 Å². The first kappa shape index (κ1) is 16.1. The molecule has 21 heavy (non-hydrogen) atoms. The zero-order chi connectivity index (χ0) is 15.7. The van der Waals surface area contributed by atoms with Gasteiger partial charge in [-0.2, -0.15) is 0 Å². The van der Waals surface area contributed by atoms with Crippen molar-refractivity contribution in [2.24, 2.45) is 0 Å². The molecule has 0 amide bonds. The Morgan fingerprint density at radius 1 is 1.10 bits per heavy atom. The maximum atomic E-state index is 5.40. The lowest BCUT2D eigenvalue weighted by Crippen LogP contribution is -2.65. The first-order chi connectivity index (χ1) is 9.77. The van der Waals surface area contributed by atoms with E-state index in [1.807, 2.05) is 6.07 Å². The number of ether oxygens (including phenoxy) is 2. The number of rotatable bonds is 4. The van der Waals surface area contributed by atoms with Crippen LogP contribution in [0, 0.1) is 0 Å². The highest BCUT2D eigenvalue weighted by molar-refractivity contribution is 5.42. The van der Waals surface area contributed by atoms with Gasteiger partial charge in [-0.15, -0.1) is 0 Å². The second kappa shape index (κ2) is 5.85. The van der Waals surface area contributed by atoms with Gasteiger partial charge in [0, 0.05) is 30.7 Å². The van der Waals surface area contributed by atoms with Crippen molar-refractivity contribution in [3.63, 3.8) is 0 Å². The fourth-order valence-corrected chi connectivity index (χ4v) is 2.78. The van der Waals surface area contributed by atoms with Crippen LogP contribution >= 0.6 is 0 Å². The molecule has 0 atom stereocenters. The van der Waals surface area contributed by atoms with E-state index in [-0.39, 0.29) is 11.1 Å². The van der Waals surface area contributed by atoms with Crippen molar-refractivity contribution in [1.82, 2.24) is 10.2 Å². The summed E-state index contributed by atoms with van der Waals surface area (Å²) in [4.78, 5) is 2.53. The third-order valence-corrected chi connectivity index (χ3v) is 4.26. The van der Waals surface area contributed by atoms with Gasteiger partial charge in [0.2, 0.25) is 0 Å². The molecule has 4 heteroatoms. The largest absolute Gasteiger partial charge is 0.493 e. The molecule has 0 spiro atoms. The molecule has 1 aliphatic heterocycles. The average Bonchev–Trinajstić information content (AvgIpc) is 2.43. The van der Waals surface area contributed by atoms with Gasteiger partial charge in [0.1, 0.15) is 0 Å². The molecule has 0 aromatic heterocycles. The number of hydrogen-bond acceptors (Lipinski definition) is 4. The molecule has 0 saturated carbocycles. The number of methoxy groups -OCH3 is 2. The van der Waals surface area contributed by atoms with Crippen molar-refractivity contribution in [3.8, 4) is 11.5 Å². The van der Waals surface area contributed by atoms with E-state index in [2.05, 4.69) is 50.0 Å². The molecular formula is C17H28N2O2. The van der Waals surface area contributed by atoms with Crippen LogP contribution in [-0.4, -0.2) is 43.3 Å². The Bertz CT molecular complexity index is 498. The first-order valence-corrected chi connectivity index (χ1v) is 7.48. The Kier molecular flexibility index (Phi) is 4.49. The van der Waals surface area contributed by atoms with Gasteiger partial charge < -0.3 is 14.8 Å². The molecule has 0 radical (unpaired) electrons. The zero-order valence-electron chi connectivity index (χ0n) is 14.1. The minimum Gasteiger partial charge on any atom is -0.493 e. The van der Waals surface area contributed by atoms with E-state index in [9.17, 15) is 0 Å². The lowest BCUT2D eigenvalue weighted by Gasteiger charge is -2.49. The van der Waals surface area contributed by atoms with E-state index < -0.39 is 0 Å². The highest BCUT2D eigenvalue weighted by atomic mass is 16.5. The fourth-order valence-electron chi connectivity index (χ4n) is 2.78. The average molecular weight is 292 g/mol. The van der Waals surface area contributed by atoms with Gasteiger partial charge in [-0.25, -0.2) is 0 Å². The molecule has 1 heterocycles. The highest BCUT2D eigenvalue weighted by Gasteiger charge is 2.37. The van der Waals surface area contributed by atoms with Gasteiger partial charge in [-0.3, -0.25) is 4.90 Å². The molecule has 1 aromatic rings. The van der Waals surface area contributed by atoms with Crippen LogP contribution in [0.25, 0.3) is 0 Å². The van der Waals surface area contributed by atoms with Crippen LogP contribution < -0.4 is 14.8 Å². The standard InChI is InChI=1S/C17H28N2O2/c1-16(2)12-19(17(3,4)11-18-16)10-13-7-8-14(20-5)15(9-13)21-6/h7-9,18H,10-12H2,1-6H3. The predicted molar refractivity (Wildman–Crippen MR) is 86.1 cm³/mol. The molecule has 1 saturated heterocycles. The maximum absolute atomic E-state index is 5.40. The van der Waals surface area contributed by atoms with Crippen LogP contribution in [0.5, 0.6) is 11.5 Å². The summed E-state index contributed by atoms with van der Waals surface area (Å²) in [5, 5.41) is 3.62. The summed E-state index contributed by atoms with van der Waals surface area (Å²) in [6.45, 7) is 12.0. The lowest BCUT2D eigenvalue weighted by atomic mass is 9.91. The van der Waals surface area contributed by atoms with E-state index in [1.165, 1.54) is 5.56 Å². The third kappa shape index (κ3) is 3.69. The Hall–Kier alpha value is -1.26. The zero-order valence-corrected chi connectivity index (χ0v) is 14.1. The summed E-state index contributed by atoms with van der Waals surface area (Å²) in [5.41, 5.74) is 1.54. The molecule has 1 N–H and O–H groups in total. The number of benzene rings is 1. The predicted octanol–water partition coefficient (Wildman–Crippen LogP) is 2.67. The van der Waals surface area contributed by atoms with Crippen molar-refractivity contribution in [2.75, 3.05) is 27.3 Å². The highest BCUT2D eigenvalue weighted by Crippen LogP contribution is 2.30. The molecule has 0 bridgehead atoms. The van der Waals surface area contributed by atoms with Crippen LogP contribution in [0.4, 0.5) is 0 Å². The minimum atomic E-state index is 0.142. The quantitative estimate of drug-likeness (QED) is 0.925. The maximum Gasteiger partial charge on any atom is 0.161 e. The summed E-state index contributed by atoms with van der Waals surface area (Å²) in [7, 11) is 3.35. The molecule has 1 aromatic carbocycles. The Labute approximate surface area is 128 Å². The molecule has 0 unspecified atom stereocenters. The Balaban J connectivity index is 2.19. The van der Waals surface area contributed by atoms with Gasteiger partial charge in [0.05, 0.1) is 14.2 Å². The first-order valence-electron chi connectivity index (χ1n) is 7.48. The Morgan fingerprint density at radius 3 is 2.38 bits per heavy atom. The van der Waals surface area contributed by atoms with Crippen molar-refractivity contribution in [2.45, 2.75) is 45.3 Å². The van der Waals surface area contributed by atoms with Crippen LogP contribution in [0.2, 0.25) is 0 Å². The normalized spacial score (nSPS) is 21.0. The molecule has 4 nitrogen and oxygen atoms in total. The molecular weight excluding hydrogens is 264 g/mol. The van der Waals surface area contributed by atoms with Crippen LogP contribution in [-0.2, 0) is 6.54 Å². The second-order valence-electron chi connectivity index (χ2n) is 7.10. The molecule has 118 valence electrons. The summed E-state index contributed by atoms with van der Waals surface area (Å²) >= 11 is 0. The SMILES string of the molecule is COc1ccc(CN2CC(C)(C)NCC2(C)C)cc1OC. The van der Waals surface area contributed by atoms with E-state index >= 15 is 0 Å². The third-order valence-electron chi connectivity index (χ3n) is 4.26. The van der Waals surface area contributed by atoms with E-state index in [1.54, 1.807) is 14.2 Å². The lowest BCUT2D eigenvalue weighted by molar-refractivity contribution is 0.0323. The summed E-state index contributed by atoms with van der Waals surface area (Å²) < 4.78 is 10.7. The molecule has 0 aliphatic carbocycles. The van der Waals surface area contributed by atoms with Crippen molar-refractivity contribution < 1.29 is 9.47 Å². The number of hydrogen-bond donors (Lipinski definition) is 1. The second-order valence-corrected chi connectivity index (χ2v) is 7.10. The number of piperazine rings is 1. The smallest absolute Gasteiger partial charge is 0.161 e. The van der Waals surface area contributed by atoms with Crippen molar-refractivity contribution >= 4 is 0 Å². The van der Waals surface area contributed by atoms with Crippen LogP contribution in [0.1, 0.15) is 33.3 Å². The molecule has 1 fully saturated rings. The van der Waals surface area contributed by atoms with Crippen molar-refractivity contribution in [3.05, 3.63) is 23.8 Å². The molecule has 2 rings (SSSR count). The van der Waals surface area contributed by atoms with Gasteiger partial charge in [0.15, 0.2) is 11.5 Å². The fraction of sp³-hybridized carbons (Fsp3) is 0.647. The monoisotopic (exact) mass is 292 g/mol. The van der Waals surface area contributed by atoms with E-state index in [0.29, 0.717) is 0 Å². The van der Waals surface area contributed by atoms with Crippen LogP contribution in [0.3, 0.4) is 0 Å². The Morgan fingerprint density at radius 2 is 1.76 bits per heavy atom.